The lowest BCUT2D eigenvalue weighted by molar-refractivity contribution is -0.133. The Kier molecular flexibility index (Phi) is 5.40. The molecule has 1 amide bonds. The van der Waals surface area contributed by atoms with Crippen molar-refractivity contribution < 1.29 is 14.3 Å². The normalized spacial score (nSPS) is 15.7. The number of methoxy groups -OCH3 is 2. The molecule has 0 spiro atoms. The molecule has 150 valence electrons. The molecule has 0 aliphatic carbocycles. The van der Waals surface area contributed by atoms with Crippen LogP contribution in [0.3, 0.4) is 0 Å². The van der Waals surface area contributed by atoms with Gasteiger partial charge in [0.1, 0.15) is 6.54 Å². The lowest BCUT2D eigenvalue weighted by atomic mass is 9.90. The molecule has 0 bridgehead atoms. The van der Waals surface area contributed by atoms with Gasteiger partial charge in [-0.05, 0) is 47.2 Å². The van der Waals surface area contributed by atoms with Gasteiger partial charge in [-0.2, -0.15) is 0 Å². The summed E-state index contributed by atoms with van der Waals surface area (Å²) in [5.41, 5.74) is 1.99. The average Bonchev–Trinajstić information content (AvgIpc) is 3.27. The van der Waals surface area contributed by atoms with Crippen LogP contribution in [0.5, 0.6) is 11.5 Å². The zero-order valence-electron chi connectivity index (χ0n) is 16.3. The average molecular weight is 410 g/mol. The van der Waals surface area contributed by atoms with Crippen molar-refractivity contribution in [2.75, 3.05) is 20.8 Å². The van der Waals surface area contributed by atoms with Crippen molar-refractivity contribution in [2.24, 2.45) is 0 Å². The molecular formula is C22H22N2O4S. The third-order valence-electron chi connectivity index (χ3n) is 5.21. The van der Waals surface area contributed by atoms with Gasteiger partial charge in [0.2, 0.25) is 5.91 Å². The lowest BCUT2D eigenvalue weighted by Crippen LogP contribution is -2.43. The van der Waals surface area contributed by atoms with E-state index < -0.39 is 0 Å². The number of carbonyl (C=O) groups is 1. The molecule has 4 rings (SSSR count). The summed E-state index contributed by atoms with van der Waals surface area (Å²) in [5, 5.41) is 2.01. The number of carbonyl (C=O) groups excluding carboxylic acids is 1. The van der Waals surface area contributed by atoms with E-state index in [-0.39, 0.29) is 24.1 Å². The zero-order valence-corrected chi connectivity index (χ0v) is 17.1. The Morgan fingerprint density at radius 2 is 1.93 bits per heavy atom. The largest absolute Gasteiger partial charge is 0.493 e. The first-order valence-corrected chi connectivity index (χ1v) is 10.2. The van der Waals surface area contributed by atoms with Gasteiger partial charge >= 0.3 is 0 Å². The topological polar surface area (TPSA) is 60.8 Å². The van der Waals surface area contributed by atoms with Gasteiger partial charge in [-0.25, -0.2) is 0 Å². The summed E-state index contributed by atoms with van der Waals surface area (Å²) in [6.45, 7) is 0.593. The summed E-state index contributed by atoms with van der Waals surface area (Å²) < 4.78 is 12.4. The van der Waals surface area contributed by atoms with Gasteiger partial charge in [0.25, 0.3) is 5.56 Å². The van der Waals surface area contributed by atoms with Crippen LogP contribution in [0.25, 0.3) is 0 Å². The fourth-order valence-corrected chi connectivity index (χ4v) is 4.65. The molecule has 3 aromatic rings. The predicted octanol–water partition coefficient (Wildman–Crippen LogP) is 3.10. The maximum atomic E-state index is 13.2. The summed E-state index contributed by atoms with van der Waals surface area (Å²) in [4.78, 5) is 28.2. The second-order valence-corrected chi connectivity index (χ2v) is 7.81. The fourth-order valence-electron chi connectivity index (χ4n) is 3.80. The number of aromatic nitrogens is 1. The number of thiophene rings is 1. The Bertz CT molecular complexity index is 1070. The standard InChI is InChI=1S/C22H22N2O4S/c1-27-17-12-15-8-10-24(21(26)14-23-9-4-3-7-20(23)25)22(19-6-5-11-29-19)16(15)13-18(17)28-2/h3-7,9,11-13,22H,8,10,14H2,1-2H3. The monoisotopic (exact) mass is 410 g/mol. The van der Waals surface area contributed by atoms with Gasteiger partial charge in [0.05, 0.1) is 20.3 Å². The minimum absolute atomic E-state index is 0.0180. The molecule has 0 radical (unpaired) electrons. The van der Waals surface area contributed by atoms with E-state index in [2.05, 4.69) is 0 Å². The van der Waals surface area contributed by atoms with Gasteiger partial charge in [0.15, 0.2) is 11.5 Å². The van der Waals surface area contributed by atoms with Crippen LogP contribution in [0.15, 0.2) is 58.8 Å². The molecule has 7 heteroatoms. The van der Waals surface area contributed by atoms with E-state index in [4.69, 9.17) is 9.47 Å². The van der Waals surface area contributed by atoms with E-state index in [1.807, 2.05) is 34.5 Å². The summed E-state index contributed by atoms with van der Waals surface area (Å²) in [5.74, 6) is 1.24. The Morgan fingerprint density at radius 3 is 2.62 bits per heavy atom. The number of rotatable bonds is 5. The SMILES string of the molecule is COc1cc2c(cc1OC)C(c1cccs1)N(C(=O)Cn1ccccc1=O)CC2. The molecule has 1 unspecified atom stereocenters. The number of hydrogen-bond acceptors (Lipinski definition) is 5. The molecule has 6 nitrogen and oxygen atoms in total. The highest BCUT2D eigenvalue weighted by Crippen LogP contribution is 2.42. The van der Waals surface area contributed by atoms with Crippen LogP contribution < -0.4 is 15.0 Å². The van der Waals surface area contributed by atoms with Gasteiger partial charge < -0.3 is 18.9 Å². The van der Waals surface area contributed by atoms with Crippen LogP contribution in [0, 0.1) is 0 Å². The van der Waals surface area contributed by atoms with Crippen molar-refractivity contribution in [3.05, 3.63) is 80.4 Å². The molecule has 1 aliphatic rings. The van der Waals surface area contributed by atoms with E-state index >= 15 is 0 Å². The van der Waals surface area contributed by atoms with Crippen molar-refractivity contribution >= 4 is 17.2 Å². The van der Waals surface area contributed by atoms with Crippen molar-refractivity contribution in [1.29, 1.82) is 0 Å². The number of amides is 1. The third kappa shape index (κ3) is 3.65. The molecule has 1 atom stereocenters. The Labute approximate surface area is 172 Å². The number of ether oxygens (including phenoxy) is 2. The molecule has 29 heavy (non-hydrogen) atoms. The van der Waals surface area contributed by atoms with E-state index in [9.17, 15) is 9.59 Å². The lowest BCUT2D eigenvalue weighted by Gasteiger charge is -2.37. The van der Waals surface area contributed by atoms with Crippen molar-refractivity contribution in [1.82, 2.24) is 9.47 Å². The van der Waals surface area contributed by atoms with Crippen LogP contribution in [-0.2, 0) is 17.8 Å². The summed E-state index contributed by atoms with van der Waals surface area (Å²) in [6, 6.07) is 12.7. The number of benzene rings is 1. The second-order valence-electron chi connectivity index (χ2n) is 6.83. The van der Waals surface area contributed by atoms with Crippen molar-refractivity contribution in [2.45, 2.75) is 19.0 Å². The summed E-state index contributed by atoms with van der Waals surface area (Å²) in [7, 11) is 3.23. The zero-order chi connectivity index (χ0) is 20.4. The molecular weight excluding hydrogens is 388 g/mol. The number of fused-ring (bicyclic) bond motifs is 1. The van der Waals surface area contributed by atoms with Crippen LogP contribution in [-0.4, -0.2) is 36.1 Å². The first kappa shape index (κ1) is 19.3. The van der Waals surface area contributed by atoms with Crippen LogP contribution in [0.4, 0.5) is 0 Å². The first-order chi connectivity index (χ1) is 14.1. The van der Waals surface area contributed by atoms with Crippen LogP contribution in [0.1, 0.15) is 22.0 Å². The molecule has 0 saturated carbocycles. The number of hydrogen-bond donors (Lipinski definition) is 0. The molecule has 3 heterocycles. The minimum Gasteiger partial charge on any atom is -0.493 e. The van der Waals surface area contributed by atoms with Gasteiger partial charge in [-0.1, -0.05) is 12.1 Å². The van der Waals surface area contributed by atoms with E-state index in [1.54, 1.807) is 43.9 Å². The van der Waals surface area contributed by atoms with Gasteiger partial charge in [0, 0.05) is 23.7 Å². The van der Waals surface area contributed by atoms with E-state index in [0.717, 1.165) is 16.0 Å². The maximum Gasteiger partial charge on any atom is 0.250 e. The highest BCUT2D eigenvalue weighted by atomic mass is 32.1. The fraction of sp³-hybridized carbons (Fsp3) is 0.273. The molecule has 1 aliphatic heterocycles. The Morgan fingerprint density at radius 1 is 1.14 bits per heavy atom. The third-order valence-corrected chi connectivity index (χ3v) is 6.14. The molecule has 0 saturated heterocycles. The molecule has 1 aromatic carbocycles. The second kappa shape index (κ2) is 8.13. The van der Waals surface area contributed by atoms with Crippen LogP contribution >= 0.6 is 11.3 Å². The molecule has 0 N–H and O–H groups in total. The van der Waals surface area contributed by atoms with E-state index in [1.165, 1.54) is 10.6 Å². The van der Waals surface area contributed by atoms with Gasteiger partial charge in [-0.3, -0.25) is 9.59 Å². The quantitative estimate of drug-likeness (QED) is 0.649. The highest BCUT2D eigenvalue weighted by molar-refractivity contribution is 7.10. The van der Waals surface area contributed by atoms with Crippen LogP contribution in [0.2, 0.25) is 0 Å². The smallest absolute Gasteiger partial charge is 0.250 e. The first-order valence-electron chi connectivity index (χ1n) is 9.35. The highest BCUT2D eigenvalue weighted by Gasteiger charge is 2.34. The minimum atomic E-state index is -0.217. The number of nitrogens with zero attached hydrogens (tertiary/aromatic N) is 2. The van der Waals surface area contributed by atoms with E-state index in [0.29, 0.717) is 24.5 Å². The number of pyridine rings is 1. The Balaban J connectivity index is 1.75. The summed E-state index contributed by atoms with van der Waals surface area (Å²) in [6.07, 6.45) is 2.36. The van der Waals surface area contributed by atoms with Gasteiger partial charge in [-0.15, -0.1) is 11.3 Å². The maximum absolute atomic E-state index is 13.2. The van der Waals surface area contributed by atoms with Crippen molar-refractivity contribution in [3.8, 4) is 11.5 Å². The molecule has 2 aromatic heterocycles. The summed E-state index contributed by atoms with van der Waals surface area (Å²) >= 11 is 1.61. The van der Waals surface area contributed by atoms with Crippen molar-refractivity contribution in [3.63, 3.8) is 0 Å². The predicted molar refractivity (Wildman–Crippen MR) is 112 cm³/mol. The Hall–Kier alpha value is -3.06. The molecule has 0 fully saturated rings.